The normalized spacial score (nSPS) is 10.7. The number of hydrogen-bond donors (Lipinski definition) is 0. The molecule has 0 atom stereocenters. The molecule has 0 spiro atoms. The van der Waals surface area contributed by atoms with Gasteiger partial charge in [-0.1, -0.05) is 91.0 Å². The van der Waals surface area contributed by atoms with Crippen LogP contribution in [0.5, 0.6) is 0 Å². The van der Waals surface area contributed by atoms with Gasteiger partial charge in [-0.2, -0.15) is 0 Å². The molecule has 1 aromatic heterocycles. The van der Waals surface area contributed by atoms with E-state index in [-0.39, 0.29) is 12.4 Å². The average molecular weight is 385 g/mol. The Bertz CT molecular complexity index is 1010. The molecule has 4 aromatic rings. The first kappa shape index (κ1) is 19.5. The molecule has 4 rings (SSSR count). The smallest absolute Gasteiger partial charge is 0.245 e. The monoisotopic (exact) mass is 384 g/mol. The Morgan fingerprint density at radius 1 is 0.786 bits per heavy atom. The minimum Gasteiger partial charge on any atom is -1.00 e. The molecule has 138 valence electrons. The fourth-order valence-electron chi connectivity index (χ4n) is 3.55. The molecule has 28 heavy (non-hydrogen) atoms. The lowest BCUT2D eigenvalue weighted by molar-refractivity contribution is -0.688. The Hall–Kier alpha value is -3.28. The van der Waals surface area contributed by atoms with E-state index in [0.29, 0.717) is 0 Å². The van der Waals surface area contributed by atoms with Gasteiger partial charge >= 0.3 is 0 Å². The van der Waals surface area contributed by atoms with Crippen LogP contribution in [-0.2, 0) is 12.1 Å². The van der Waals surface area contributed by atoms with E-state index in [0.717, 1.165) is 17.7 Å². The molecule has 0 bridgehead atoms. The minimum absolute atomic E-state index is 0. The third-order valence-electron chi connectivity index (χ3n) is 4.88. The first-order valence-electron chi connectivity index (χ1n) is 9.03. The summed E-state index contributed by atoms with van der Waals surface area (Å²) in [6.07, 6.45) is 12.4. The van der Waals surface area contributed by atoms with Crippen molar-refractivity contribution in [2.24, 2.45) is 0 Å². The second kappa shape index (κ2) is 8.61. The van der Waals surface area contributed by atoms with Crippen LogP contribution in [0.2, 0.25) is 0 Å². The summed E-state index contributed by atoms with van der Waals surface area (Å²) >= 11 is 0. The van der Waals surface area contributed by atoms with Crippen LogP contribution >= 0.6 is 0 Å². The number of nitrogens with zero attached hydrogens (tertiary/aromatic N) is 2. The summed E-state index contributed by atoms with van der Waals surface area (Å²) in [6, 6.07) is 31.0. The number of rotatable bonds is 5. The lowest BCUT2D eigenvalue weighted by atomic mass is 9.83. The van der Waals surface area contributed by atoms with Crippen LogP contribution in [0.15, 0.2) is 110 Å². The summed E-state index contributed by atoms with van der Waals surface area (Å²) in [5, 5.41) is 0. The summed E-state index contributed by atoms with van der Waals surface area (Å²) in [5.74, 6) is 3.09. The highest BCUT2D eigenvalue weighted by molar-refractivity contribution is 5.47. The fraction of sp³-hybridized carbons (Fsp3) is 0.0800. The summed E-state index contributed by atoms with van der Waals surface area (Å²) in [5.41, 5.74) is 2.71. The molecule has 0 saturated heterocycles. The van der Waals surface area contributed by atoms with Crippen molar-refractivity contribution in [1.82, 2.24) is 4.57 Å². The topological polar surface area (TPSA) is 8.81 Å². The highest BCUT2D eigenvalue weighted by Gasteiger charge is 2.39. The summed E-state index contributed by atoms with van der Waals surface area (Å²) < 4.78 is 4.29. The van der Waals surface area contributed by atoms with E-state index >= 15 is 0 Å². The predicted octanol–water partition coefficient (Wildman–Crippen LogP) is 1.25. The molecule has 0 amide bonds. The largest absolute Gasteiger partial charge is 1.00 e. The first-order chi connectivity index (χ1) is 13.3. The van der Waals surface area contributed by atoms with Crippen molar-refractivity contribution in [1.29, 1.82) is 0 Å². The van der Waals surface area contributed by atoms with Crippen molar-refractivity contribution in [3.63, 3.8) is 0 Å². The van der Waals surface area contributed by atoms with Crippen molar-refractivity contribution < 1.29 is 17.0 Å². The molecule has 3 aromatic carbocycles. The number of terminal acetylenes is 1. The van der Waals surface area contributed by atoms with Gasteiger partial charge in [0.1, 0.15) is 18.9 Å². The number of hydrogen-bond acceptors (Lipinski definition) is 0. The Morgan fingerprint density at radius 2 is 1.29 bits per heavy atom. The Kier molecular flexibility index (Phi) is 5.99. The molecule has 0 aliphatic rings. The van der Waals surface area contributed by atoms with E-state index in [1.165, 1.54) is 5.56 Å². The highest BCUT2D eigenvalue weighted by atomic mass is 35.5. The maximum Gasteiger partial charge on any atom is 0.245 e. The molecule has 0 aliphatic carbocycles. The molecule has 1 heterocycles. The Morgan fingerprint density at radius 3 is 1.79 bits per heavy atom. The van der Waals surface area contributed by atoms with Gasteiger partial charge in [0.2, 0.25) is 11.9 Å². The predicted molar refractivity (Wildman–Crippen MR) is 108 cm³/mol. The summed E-state index contributed by atoms with van der Waals surface area (Å²) in [7, 11) is 0. The van der Waals surface area contributed by atoms with E-state index < -0.39 is 5.54 Å². The van der Waals surface area contributed by atoms with Gasteiger partial charge in [-0.3, -0.25) is 0 Å². The molecule has 0 fully saturated rings. The van der Waals surface area contributed by atoms with Crippen molar-refractivity contribution in [3.8, 4) is 12.3 Å². The molecule has 3 heteroatoms. The zero-order valence-electron chi connectivity index (χ0n) is 15.4. The van der Waals surface area contributed by atoms with Crippen LogP contribution in [0, 0.1) is 12.3 Å². The molecule has 0 aliphatic heterocycles. The number of halogens is 1. The van der Waals surface area contributed by atoms with Crippen LogP contribution in [0.3, 0.4) is 0 Å². The average Bonchev–Trinajstić information content (AvgIpc) is 3.20. The number of benzene rings is 3. The van der Waals surface area contributed by atoms with E-state index in [4.69, 9.17) is 6.42 Å². The van der Waals surface area contributed by atoms with Gasteiger partial charge in [0.25, 0.3) is 0 Å². The first-order valence-corrected chi connectivity index (χ1v) is 9.03. The summed E-state index contributed by atoms with van der Waals surface area (Å²) in [4.78, 5) is 0. The molecule has 2 nitrogen and oxygen atoms in total. The van der Waals surface area contributed by atoms with Crippen LogP contribution in [0.1, 0.15) is 16.7 Å². The van der Waals surface area contributed by atoms with Crippen molar-refractivity contribution >= 4 is 0 Å². The van der Waals surface area contributed by atoms with Gasteiger partial charge < -0.3 is 12.4 Å². The van der Waals surface area contributed by atoms with Gasteiger partial charge in [0, 0.05) is 11.1 Å². The third kappa shape index (κ3) is 3.58. The van der Waals surface area contributed by atoms with Crippen molar-refractivity contribution in [2.75, 3.05) is 0 Å². The van der Waals surface area contributed by atoms with Gasteiger partial charge in [-0.25, -0.2) is 9.13 Å². The second-order valence-corrected chi connectivity index (χ2v) is 6.57. The Balaban J connectivity index is 0.00000225. The zero-order valence-corrected chi connectivity index (χ0v) is 16.2. The minimum atomic E-state index is -0.690. The SMILES string of the molecule is C#CC(c1ccccc1)(c1ccccc1)n1cc[n+](Cc2ccccc2)c1.[Cl-]. The van der Waals surface area contributed by atoms with E-state index in [2.05, 4.69) is 82.3 Å². The molecule has 0 saturated carbocycles. The van der Waals surface area contributed by atoms with Crippen LogP contribution in [0.4, 0.5) is 0 Å². The maximum absolute atomic E-state index is 6.19. The van der Waals surface area contributed by atoms with Crippen molar-refractivity contribution in [2.45, 2.75) is 12.1 Å². The van der Waals surface area contributed by atoms with Gasteiger partial charge in [0.15, 0.2) is 0 Å². The van der Waals surface area contributed by atoms with Gasteiger partial charge in [-0.05, 0) is 11.5 Å². The molecular weight excluding hydrogens is 364 g/mol. The molecule has 0 unspecified atom stereocenters. The van der Waals surface area contributed by atoms with Crippen LogP contribution < -0.4 is 17.0 Å². The highest BCUT2D eigenvalue weighted by Crippen LogP contribution is 2.33. The Labute approximate surface area is 172 Å². The van der Waals surface area contributed by atoms with Crippen LogP contribution in [0.25, 0.3) is 0 Å². The van der Waals surface area contributed by atoms with E-state index in [1.54, 1.807) is 0 Å². The number of imidazole rings is 1. The molecule has 0 N–H and O–H groups in total. The number of aromatic nitrogens is 2. The molecule has 0 radical (unpaired) electrons. The molecular formula is C25H21ClN2. The summed E-state index contributed by atoms with van der Waals surface area (Å²) in [6.45, 7) is 0.804. The van der Waals surface area contributed by atoms with E-state index in [1.807, 2.05) is 42.5 Å². The standard InChI is InChI=1S/C25H21N2.ClH/c1-2-25(23-14-8-4-9-15-23,24-16-10-5-11-17-24)27-19-18-26(21-27)20-22-12-6-3-7-13-22;/h1,3-19,21H,20H2;1H/q+1;/p-1. The van der Waals surface area contributed by atoms with Crippen molar-refractivity contribution in [3.05, 3.63) is 126 Å². The fourth-order valence-corrected chi connectivity index (χ4v) is 3.55. The quantitative estimate of drug-likeness (QED) is 0.362. The zero-order chi connectivity index (χ0) is 18.5. The lowest BCUT2D eigenvalue weighted by Gasteiger charge is -2.26. The second-order valence-electron chi connectivity index (χ2n) is 6.57. The van der Waals surface area contributed by atoms with E-state index in [9.17, 15) is 0 Å². The third-order valence-corrected chi connectivity index (χ3v) is 4.88. The van der Waals surface area contributed by atoms with Gasteiger partial charge in [-0.15, -0.1) is 6.42 Å². The van der Waals surface area contributed by atoms with Crippen LogP contribution in [-0.4, -0.2) is 4.57 Å². The lowest BCUT2D eigenvalue weighted by Crippen LogP contribution is -3.00. The van der Waals surface area contributed by atoms with Gasteiger partial charge in [0.05, 0.1) is 0 Å². The maximum atomic E-state index is 6.19.